The first-order valence-electron chi connectivity index (χ1n) is 7.34. The number of benzene rings is 2. The fourth-order valence-electron chi connectivity index (χ4n) is 2.18. The van der Waals surface area contributed by atoms with Gasteiger partial charge in [-0.05, 0) is 36.4 Å². The number of fused-ring (bicyclic) bond motifs is 1. The Balaban J connectivity index is 1.55. The van der Waals surface area contributed by atoms with Gasteiger partial charge in [-0.2, -0.15) is 0 Å². The van der Waals surface area contributed by atoms with E-state index in [2.05, 4.69) is 5.32 Å². The zero-order valence-electron chi connectivity index (χ0n) is 12.8. The first kappa shape index (κ1) is 15.7. The van der Waals surface area contributed by atoms with Gasteiger partial charge in [-0.1, -0.05) is 0 Å². The molecule has 0 radical (unpaired) electrons. The van der Waals surface area contributed by atoms with E-state index in [0.29, 0.717) is 41.7 Å². The minimum Gasteiger partial charge on any atom is -0.486 e. The Morgan fingerprint density at radius 1 is 1.04 bits per heavy atom. The van der Waals surface area contributed by atoms with Gasteiger partial charge in [0.05, 0.1) is 0 Å². The molecule has 124 valence electrons. The van der Waals surface area contributed by atoms with Crippen molar-refractivity contribution in [3.63, 3.8) is 0 Å². The summed E-state index contributed by atoms with van der Waals surface area (Å²) in [5, 5.41) is 2.72. The standard InChI is InChI=1S/C17H16N2O5/c18-17(21)11-1-4-13(5-2-11)24-10-16(20)19-12-3-6-14-15(9-12)23-8-7-22-14/h1-6,9H,7-8,10H2,(H2,18,21)(H,19,20). The lowest BCUT2D eigenvalue weighted by atomic mass is 10.2. The highest BCUT2D eigenvalue weighted by atomic mass is 16.6. The predicted octanol–water partition coefficient (Wildman–Crippen LogP) is 1.57. The van der Waals surface area contributed by atoms with Crippen molar-refractivity contribution in [2.45, 2.75) is 0 Å². The lowest BCUT2D eigenvalue weighted by Gasteiger charge is -2.19. The second-order valence-electron chi connectivity index (χ2n) is 5.08. The molecule has 3 N–H and O–H groups in total. The third-order valence-electron chi connectivity index (χ3n) is 3.33. The number of hydrogen-bond acceptors (Lipinski definition) is 5. The van der Waals surface area contributed by atoms with Crippen LogP contribution in [0.3, 0.4) is 0 Å². The summed E-state index contributed by atoms with van der Waals surface area (Å²) in [6.07, 6.45) is 0. The summed E-state index contributed by atoms with van der Waals surface area (Å²) in [5.41, 5.74) is 6.13. The van der Waals surface area contributed by atoms with Gasteiger partial charge >= 0.3 is 0 Å². The van der Waals surface area contributed by atoms with Crippen LogP contribution in [0.5, 0.6) is 17.2 Å². The Morgan fingerprint density at radius 2 is 1.75 bits per heavy atom. The van der Waals surface area contributed by atoms with Crippen molar-refractivity contribution >= 4 is 17.5 Å². The van der Waals surface area contributed by atoms with E-state index in [1.165, 1.54) is 12.1 Å². The maximum absolute atomic E-state index is 11.9. The van der Waals surface area contributed by atoms with Crippen LogP contribution in [-0.4, -0.2) is 31.6 Å². The second kappa shape index (κ2) is 6.91. The molecule has 1 aliphatic rings. The van der Waals surface area contributed by atoms with Crippen molar-refractivity contribution in [1.82, 2.24) is 0 Å². The lowest BCUT2D eigenvalue weighted by Crippen LogP contribution is -2.21. The van der Waals surface area contributed by atoms with Crippen LogP contribution in [0.25, 0.3) is 0 Å². The van der Waals surface area contributed by atoms with E-state index in [1.807, 2.05) is 0 Å². The van der Waals surface area contributed by atoms with E-state index >= 15 is 0 Å². The lowest BCUT2D eigenvalue weighted by molar-refractivity contribution is -0.118. The molecule has 0 unspecified atom stereocenters. The summed E-state index contributed by atoms with van der Waals surface area (Å²) in [6.45, 7) is 0.834. The first-order valence-corrected chi connectivity index (χ1v) is 7.34. The van der Waals surface area contributed by atoms with Crippen molar-refractivity contribution in [2.24, 2.45) is 5.73 Å². The third kappa shape index (κ3) is 3.75. The average Bonchev–Trinajstić information content (AvgIpc) is 2.60. The molecule has 2 amide bonds. The van der Waals surface area contributed by atoms with Crippen molar-refractivity contribution in [3.8, 4) is 17.2 Å². The zero-order valence-corrected chi connectivity index (χ0v) is 12.8. The van der Waals surface area contributed by atoms with Gasteiger partial charge in [-0.25, -0.2) is 0 Å². The molecule has 0 fully saturated rings. The second-order valence-corrected chi connectivity index (χ2v) is 5.08. The topological polar surface area (TPSA) is 99.9 Å². The number of hydrogen-bond donors (Lipinski definition) is 2. The number of primary amides is 1. The molecule has 0 saturated heterocycles. The number of rotatable bonds is 5. The molecule has 7 nitrogen and oxygen atoms in total. The van der Waals surface area contributed by atoms with Gasteiger partial charge in [0.25, 0.3) is 5.91 Å². The average molecular weight is 328 g/mol. The van der Waals surface area contributed by atoms with Crippen LogP contribution in [0.1, 0.15) is 10.4 Å². The number of amides is 2. The summed E-state index contributed by atoms with van der Waals surface area (Å²) in [4.78, 5) is 22.9. The van der Waals surface area contributed by atoms with Gasteiger partial charge in [0.2, 0.25) is 5.91 Å². The molecule has 1 aliphatic heterocycles. The van der Waals surface area contributed by atoms with Crippen LogP contribution in [0.4, 0.5) is 5.69 Å². The number of nitrogens with two attached hydrogens (primary N) is 1. The van der Waals surface area contributed by atoms with Gasteiger partial charge in [0.15, 0.2) is 18.1 Å². The van der Waals surface area contributed by atoms with E-state index in [4.69, 9.17) is 19.9 Å². The van der Waals surface area contributed by atoms with E-state index in [9.17, 15) is 9.59 Å². The highest BCUT2D eigenvalue weighted by Crippen LogP contribution is 2.32. The molecule has 0 atom stereocenters. The molecule has 24 heavy (non-hydrogen) atoms. The van der Waals surface area contributed by atoms with Crippen LogP contribution < -0.4 is 25.3 Å². The SMILES string of the molecule is NC(=O)c1ccc(OCC(=O)Nc2ccc3c(c2)OCCO3)cc1. The monoisotopic (exact) mass is 328 g/mol. The van der Waals surface area contributed by atoms with E-state index in [0.717, 1.165) is 0 Å². The Bertz CT molecular complexity index is 758. The Labute approximate surface area is 138 Å². The fourth-order valence-corrected chi connectivity index (χ4v) is 2.18. The van der Waals surface area contributed by atoms with Crippen molar-refractivity contribution in [1.29, 1.82) is 0 Å². The smallest absolute Gasteiger partial charge is 0.262 e. The minimum absolute atomic E-state index is 0.162. The largest absolute Gasteiger partial charge is 0.486 e. The van der Waals surface area contributed by atoms with Gasteiger partial charge in [-0.3, -0.25) is 9.59 Å². The van der Waals surface area contributed by atoms with Gasteiger partial charge in [0, 0.05) is 17.3 Å². The summed E-state index contributed by atoms with van der Waals surface area (Å²) in [5.74, 6) is 0.896. The Morgan fingerprint density at radius 3 is 2.46 bits per heavy atom. The molecule has 0 aromatic heterocycles. The zero-order chi connectivity index (χ0) is 16.9. The molecule has 2 aromatic carbocycles. The van der Waals surface area contributed by atoms with Gasteiger partial charge < -0.3 is 25.3 Å². The van der Waals surface area contributed by atoms with Crippen LogP contribution >= 0.6 is 0 Å². The van der Waals surface area contributed by atoms with Gasteiger partial charge in [0.1, 0.15) is 19.0 Å². The van der Waals surface area contributed by atoms with Gasteiger partial charge in [-0.15, -0.1) is 0 Å². The molecular formula is C17H16N2O5. The number of ether oxygens (including phenoxy) is 3. The molecule has 2 aromatic rings. The van der Waals surface area contributed by atoms with Crippen molar-refractivity contribution in [3.05, 3.63) is 48.0 Å². The van der Waals surface area contributed by atoms with Crippen molar-refractivity contribution in [2.75, 3.05) is 25.1 Å². The minimum atomic E-state index is -0.516. The molecule has 0 spiro atoms. The number of carbonyl (C=O) groups is 2. The third-order valence-corrected chi connectivity index (χ3v) is 3.33. The van der Waals surface area contributed by atoms with Crippen LogP contribution in [0, 0.1) is 0 Å². The quantitative estimate of drug-likeness (QED) is 0.868. The van der Waals surface area contributed by atoms with Crippen LogP contribution in [-0.2, 0) is 4.79 Å². The predicted molar refractivity (Wildman–Crippen MR) is 86.5 cm³/mol. The Kier molecular flexibility index (Phi) is 4.51. The maximum Gasteiger partial charge on any atom is 0.262 e. The molecule has 7 heteroatoms. The number of anilines is 1. The van der Waals surface area contributed by atoms with Crippen LogP contribution in [0.2, 0.25) is 0 Å². The highest BCUT2D eigenvalue weighted by molar-refractivity contribution is 5.93. The normalized spacial score (nSPS) is 12.3. The summed E-state index contributed by atoms with van der Waals surface area (Å²) in [7, 11) is 0. The van der Waals surface area contributed by atoms with E-state index in [1.54, 1.807) is 30.3 Å². The summed E-state index contributed by atoms with van der Waals surface area (Å²) in [6, 6.07) is 11.4. The molecule has 0 aliphatic carbocycles. The van der Waals surface area contributed by atoms with Crippen LogP contribution in [0.15, 0.2) is 42.5 Å². The number of nitrogens with one attached hydrogen (secondary N) is 1. The number of carbonyl (C=O) groups excluding carboxylic acids is 2. The Hall–Kier alpha value is -3.22. The van der Waals surface area contributed by atoms with Crippen molar-refractivity contribution < 1.29 is 23.8 Å². The fraction of sp³-hybridized carbons (Fsp3) is 0.176. The molecule has 1 heterocycles. The summed E-state index contributed by atoms with van der Waals surface area (Å²) >= 11 is 0. The first-order chi connectivity index (χ1) is 11.6. The molecule has 0 bridgehead atoms. The maximum atomic E-state index is 11.9. The van der Waals surface area contributed by atoms with E-state index < -0.39 is 5.91 Å². The highest BCUT2D eigenvalue weighted by Gasteiger charge is 2.13. The molecule has 0 saturated carbocycles. The van der Waals surface area contributed by atoms with E-state index in [-0.39, 0.29) is 12.5 Å². The molecular weight excluding hydrogens is 312 g/mol. The summed E-state index contributed by atoms with van der Waals surface area (Å²) < 4.78 is 16.2. The molecule has 3 rings (SSSR count).